The van der Waals surface area contributed by atoms with Crippen LogP contribution in [-0.2, 0) is 11.2 Å². The largest absolute Gasteiger partial charge is 0.493 e. The van der Waals surface area contributed by atoms with Gasteiger partial charge in [0, 0.05) is 6.54 Å². The van der Waals surface area contributed by atoms with Gasteiger partial charge in [0.25, 0.3) is 5.91 Å². The van der Waals surface area contributed by atoms with Gasteiger partial charge >= 0.3 is 0 Å². The molecule has 0 bridgehead atoms. The van der Waals surface area contributed by atoms with E-state index in [1.165, 1.54) is 0 Å². The molecule has 6 nitrogen and oxygen atoms in total. The first kappa shape index (κ1) is 17.1. The number of amides is 1. The molecule has 3 N–H and O–H groups in total. The fraction of sp³-hybridized carbons (Fsp3) is 0.533. The molecule has 0 aliphatic heterocycles. The van der Waals surface area contributed by atoms with Crippen LogP contribution in [0.4, 0.5) is 0 Å². The Morgan fingerprint density at radius 2 is 1.86 bits per heavy atom. The van der Waals surface area contributed by atoms with Crippen molar-refractivity contribution in [2.45, 2.75) is 19.8 Å². The van der Waals surface area contributed by atoms with Crippen molar-refractivity contribution in [2.75, 3.05) is 33.9 Å². The average molecular weight is 296 g/mol. The number of carbonyl (C=O) groups is 1. The summed E-state index contributed by atoms with van der Waals surface area (Å²) in [5, 5.41) is 2.75. The summed E-state index contributed by atoms with van der Waals surface area (Å²) in [7, 11) is 3.09. The van der Waals surface area contributed by atoms with Gasteiger partial charge in [-0.15, -0.1) is 0 Å². The van der Waals surface area contributed by atoms with Crippen molar-refractivity contribution in [2.24, 2.45) is 5.73 Å². The van der Waals surface area contributed by atoms with Crippen LogP contribution in [0, 0.1) is 0 Å². The van der Waals surface area contributed by atoms with Crippen LogP contribution in [0.2, 0.25) is 0 Å². The minimum Gasteiger partial charge on any atom is -0.493 e. The number of nitrogens with one attached hydrogen (secondary N) is 1. The van der Waals surface area contributed by atoms with Gasteiger partial charge in [-0.2, -0.15) is 0 Å². The van der Waals surface area contributed by atoms with E-state index in [0.717, 1.165) is 12.0 Å². The first-order chi connectivity index (χ1) is 10.2. The van der Waals surface area contributed by atoms with Crippen molar-refractivity contribution in [1.82, 2.24) is 5.32 Å². The molecule has 1 rings (SSSR count). The monoisotopic (exact) mass is 296 g/mol. The number of carbonyl (C=O) groups excluding carboxylic acids is 1. The highest BCUT2D eigenvalue weighted by molar-refractivity contribution is 5.77. The van der Waals surface area contributed by atoms with Crippen molar-refractivity contribution < 1.29 is 19.0 Å². The van der Waals surface area contributed by atoms with Gasteiger partial charge in [0.05, 0.1) is 14.2 Å². The average Bonchev–Trinajstić information content (AvgIpc) is 2.50. The van der Waals surface area contributed by atoms with Gasteiger partial charge < -0.3 is 25.3 Å². The van der Waals surface area contributed by atoms with E-state index in [-0.39, 0.29) is 12.5 Å². The second-order valence-corrected chi connectivity index (χ2v) is 4.51. The maximum atomic E-state index is 11.6. The third kappa shape index (κ3) is 5.15. The van der Waals surface area contributed by atoms with E-state index in [9.17, 15) is 4.79 Å². The maximum absolute atomic E-state index is 11.6. The molecule has 0 spiro atoms. The van der Waals surface area contributed by atoms with E-state index in [2.05, 4.69) is 5.32 Å². The van der Waals surface area contributed by atoms with Gasteiger partial charge in [-0.25, -0.2) is 0 Å². The first-order valence-electron chi connectivity index (χ1n) is 7.00. The number of hydrogen-bond donors (Lipinski definition) is 2. The summed E-state index contributed by atoms with van der Waals surface area (Å²) in [4.78, 5) is 11.6. The zero-order chi connectivity index (χ0) is 15.7. The molecule has 118 valence electrons. The third-order valence-electron chi connectivity index (χ3n) is 2.87. The van der Waals surface area contributed by atoms with Crippen LogP contribution >= 0.6 is 0 Å². The van der Waals surface area contributed by atoms with Crippen molar-refractivity contribution in [1.29, 1.82) is 0 Å². The van der Waals surface area contributed by atoms with Crippen LogP contribution in [0.25, 0.3) is 0 Å². The van der Waals surface area contributed by atoms with E-state index < -0.39 is 0 Å². The SMILES string of the molecule is CCCNC(=O)COc1c(OC)cc(CCN)cc1OC. The molecule has 1 aromatic carbocycles. The van der Waals surface area contributed by atoms with E-state index in [4.69, 9.17) is 19.9 Å². The molecular weight excluding hydrogens is 272 g/mol. The second kappa shape index (κ2) is 9.07. The van der Waals surface area contributed by atoms with Crippen molar-refractivity contribution >= 4 is 5.91 Å². The summed E-state index contributed by atoms with van der Waals surface area (Å²) in [5.74, 6) is 1.31. The van der Waals surface area contributed by atoms with Crippen LogP contribution < -0.4 is 25.3 Å². The van der Waals surface area contributed by atoms with Crippen molar-refractivity contribution in [3.05, 3.63) is 17.7 Å². The molecule has 0 radical (unpaired) electrons. The summed E-state index contributed by atoms with van der Waals surface area (Å²) in [6, 6.07) is 3.68. The van der Waals surface area contributed by atoms with Crippen LogP contribution in [0.5, 0.6) is 17.2 Å². The molecule has 0 aromatic heterocycles. The number of hydrogen-bond acceptors (Lipinski definition) is 5. The predicted octanol–water partition coefficient (Wildman–Crippen LogP) is 1.11. The van der Waals surface area contributed by atoms with E-state index in [1.807, 2.05) is 19.1 Å². The number of rotatable bonds is 9. The Labute approximate surface area is 125 Å². The summed E-state index contributed by atoms with van der Waals surface area (Å²) in [6.07, 6.45) is 1.59. The first-order valence-corrected chi connectivity index (χ1v) is 7.00. The Kier molecular flexibility index (Phi) is 7.39. The van der Waals surface area contributed by atoms with Crippen LogP contribution in [-0.4, -0.2) is 39.8 Å². The van der Waals surface area contributed by atoms with Crippen LogP contribution in [0.3, 0.4) is 0 Å². The molecule has 0 saturated heterocycles. The minimum atomic E-state index is -0.174. The van der Waals surface area contributed by atoms with Gasteiger partial charge in [-0.05, 0) is 37.1 Å². The molecule has 21 heavy (non-hydrogen) atoms. The van der Waals surface area contributed by atoms with Gasteiger partial charge in [0.1, 0.15) is 0 Å². The van der Waals surface area contributed by atoms with E-state index in [1.54, 1.807) is 14.2 Å². The standard InChI is InChI=1S/C15H24N2O4/c1-4-7-17-14(18)10-21-15-12(19-2)8-11(5-6-16)9-13(15)20-3/h8-9H,4-7,10,16H2,1-3H3,(H,17,18). The third-order valence-corrected chi connectivity index (χ3v) is 2.87. The smallest absolute Gasteiger partial charge is 0.257 e. The molecule has 1 aromatic rings. The maximum Gasteiger partial charge on any atom is 0.257 e. The molecule has 1 amide bonds. The van der Waals surface area contributed by atoms with Crippen molar-refractivity contribution in [3.8, 4) is 17.2 Å². The zero-order valence-corrected chi connectivity index (χ0v) is 12.9. The lowest BCUT2D eigenvalue weighted by molar-refractivity contribution is -0.123. The summed E-state index contributed by atoms with van der Waals surface area (Å²) in [5.41, 5.74) is 6.56. The quantitative estimate of drug-likeness (QED) is 0.713. The predicted molar refractivity (Wildman–Crippen MR) is 81.1 cm³/mol. The number of ether oxygens (including phenoxy) is 3. The molecule has 0 aliphatic rings. The highest BCUT2D eigenvalue weighted by atomic mass is 16.5. The summed E-state index contributed by atoms with van der Waals surface area (Å²) in [6.45, 7) is 3.07. The lowest BCUT2D eigenvalue weighted by Gasteiger charge is -2.16. The Hall–Kier alpha value is -1.95. The van der Waals surface area contributed by atoms with Gasteiger partial charge in [0.15, 0.2) is 18.1 Å². The Bertz CT molecular complexity index is 438. The fourth-order valence-corrected chi connectivity index (χ4v) is 1.84. The van der Waals surface area contributed by atoms with E-state index >= 15 is 0 Å². The Morgan fingerprint density at radius 1 is 1.24 bits per heavy atom. The molecule has 0 unspecified atom stereocenters. The van der Waals surface area contributed by atoms with Gasteiger partial charge in [-0.3, -0.25) is 4.79 Å². The molecule has 0 atom stereocenters. The normalized spacial score (nSPS) is 10.1. The minimum absolute atomic E-state index is 0.0804. The van der Waals surface area contributed by atoms with Gasteiger partial charge in [0.2, 0.25) is 5.75 Å². The molecule has 6 heteroatoms. The lowest BCUT2D eigenvalue weighted by Crippen LogP contribution is -2.29. The molecule has 0 heterocycles. The topological polar surface area (TPSA) is 82.8 Å². The Morgan fingerprint density at radius 3 is 2.33 bits per heavy atom. The molecule has 0 fully saturated rings. The number of benzene rings is 1. The molecular formula is C15H24N2O4. The summed E-state index contributed by atoms with van der Waals surface area (Å²) >= 11 is 0. The van der Waals surface area contributed by atoms with Gasteiger partial charge in [-0.1, -0.05) is 6.92 Å². The second-order valence-electron chi connectivity index (χ2n) is 4.51. The van der Waals surface area contributed by atoms with Crippen LogP contribution in [0.15, 0.2) is 12.1 Å². The molecule has 0 saturated carbocycles. The van der Waals surface area contributed by atoms with E-state index in [0.29, 0.717) is 36.8 Å². The van der Waals surface area contributed by atoms with Crippen LogP contribution in [0.1, 0.15) is 18.9 Å². The zero-order valence-electron chi connectivity index (χ0n) is 12.9. The fourth-order valence-electron chi connectivity index (χ4n) is 1.84. The highest BCUT2D eigenvalue weighted by Crippen LogP contribution is 2.38. The molecule has 0 aliphatic carbocycles. The Balaban J connectivity index is 2.86. The lowest BCUT2D eigenvalue weighted by atomic mass is 10.1. The van der Waals surface area contributed by atoms with Crippen molar-refractivity contribution in [3.63, 3.8) is 0 Å². The highest BCUT2D eigenvalue weighted by Gasteiger charge is 2.15. The summed E-state index contributed by atoms with van der Waals surface area (Å²) < 4.78 is 16.2. The number of nitrogens with two attached hydrogens (primary N) is 1. The number of methoxy groups -OCH3 is 2.